The van der Waals surface area contributed by atoms with Crippen LogP contribution in [-0.4, -0.2) is 57.0 Å². The molecule has 2 aromatic carbocycles. The zero-order valence-corrected chi connectivity index (χ0v) is 18.2. The Morgan fingerprint density at radius 3 is 2.30 bits per heavy atom. The Kier molecular flexibility index (Phi) is 6.65. The molecular formula is C22H27FN2O4S. The second-order valence-corrected chi connectivity index (χ2v) is 10.0. The Hall–Kier alpha value is -2.61. The molecule has 0 saturated carbocycles. The van der Waals surface area contributed by atoms with Gasteiger partial charge in [-0.1, -0.05) is 12.1 Å². The number of benzene rings is 2. The van der Waals surface area contributed by atoms with Gasteiger partial charge >= 0.3 is 0 Å². The lowest BCUT2D eigenvalue weighted by Crippen LogP contribution is -2.46. The molecule has 0 aromatic heterocycles. The number of halogens is 1. The van der Waals surface area contributed by atoms with E-state index in [0.29, 0.717) is 18.7 Å². The summed E-state index contributed by atoms with van der Waals surface area (Å²) in [6.07, 6.45) is -0.424. The minimum Gasteiger partial charge on any atom is -0.481 e. The molecule has 1 saturated heterocycles. The summed E-state index contributed by atoms with van der Waals surface area (Å²) in [5.74, 6) is -0.267. The lowest BCUT2D eigenvalue weighted by atomic mass is 10.1. The number of anilines is 1. The van der Waals surface area contributed by atoms with Crippen LogP contribution in [0.25, 0.3) is 0 Å². The van der Waals surface area contributed by atoms with Crippen LogP contribution in [0.5, 0.6) is 5.75 Å². The summed E-state index contributed by atoms with van der Waals surface area (Å²) in [4.78, 5) is 16.8. The Morgan fingerprint density at radius 1 is 1.13 bits per heavy atom. The highest BCUT2D eigenvalue weighted by Crippen LogP contribution is 2.23. The number of hydrogen-bond donors (Lipinski definition) is 0. The molecule has 0 aliphatic carbocycles. The van der Waals surface area contributed by atoms with Gasteiger partial charge in [-0.25, -0.2) is 12.8 Å². The van der Waals surface area contributed by atoms with Gasteiger partial charge in [-0.3, -0.25) is 4.79 Å². The SMILES string of the molecule is C[C@@H](Oc1ccc(F)cc1)C(=O)N(Cc1ccc(N(C)C)cc1)[C@H]1CCS(=O)(=O)C1. The quantitative estimate of drug-likeness (QED) is 0.670. The maximum Gasteiger partial charge on any atom is 0.263 e. The molecule has 0 unspecified atom stereocenters. The van der Waals surface area contributed by atoms with E-state index in [4.69, 9.17) is 4.74 Å². The number of nitrogens with zero attached hydrogens (tertiary/aromatic N) is 2. The molecule has 0 spiro atoms. The maximum absolute atomic E-state index is 13.2. The van der Waals surface area contributed by atoms with E-state index in [9.17, 15) is 17.6 Å². The van der Waals surface area contributed by atoms with Crippen LogP contribution in [0.3, 0.4) is 0 Å². The molecule has 6 nitrogen and oxygen atoms in total. The van der Waals surface area contributed by atoms with E-state index in [1.54, 1.807) is 11.8 Å². The molecule has 1 aliphatic rings. The number of carbonyl (C=O) groups excluding carboxylic acids is 1. The van der Waals surface area contributed by atoms with Crippen LogP contribution in [0.4, 0.5) is 10.1 Å². The number of ether oxygens (including phenoxy) is 1. The average molecular weight is 435 g/mol. The van der Waals surface area contributed by atoms with Gasteiger partial charge in [0.2, 0.25) is 0 Å². The van der Waals surface area contributed by atoms with Crippen LogP contribution in [0.2, 0.25) is 0 Å². The van der Waals surface area contributed by atoms with Crippen LogP contribution in [-0.2, 0) is 21.2 Å². The van der Waals surface area contributed by atoms with E-state index in [1.165, 1.54) is 24.3 Å². The Balaban J connectivity index is 1.79. The lowest BCUT2D eigenvalue weighted by Gasteiger charge is -2.31. The van der Waals surface area contributed by atoms with Crippen molar-refractivity contribution >= 4 is 21.4 Å². The third-order valence-corrected chi connectivity index (χ3v) is 6.96. The van der Waals surface area contributed by atoms with E-state index in [2.05, 4.69) is 0 Å². The molecule has 2 atom stereocenters. The first-order valence-electron chi connectivity index (χ1n) is 9.84. The molecule has 0 N–H and O–H groups in total. The third kappa shape index (κ3) is 5.50. The van der Waals surface area contributed by atoms with E-state index < -0.39 is 22.0 Å². The monoisotopic (exact) mass is 434 g/mol. The maximum atomic E-state index is 13.2. The molecule has 1 amide bonds. The molecule has 3 rings (SSSR count). The number of sulfone groups is 1. The second-order valence-electron chi connectivity index (χ2n) is 7.80. The van der Waals surface area contributed by atoms with Crippen LogP contribution >= 0.6 is 0 Å². The second kappa shape index (κ2) is 9.04. The van der Waals surface area contributed by atoms with Crippen LogP contribution < -0.4 is 9.64 Å². The summed E-state index contributed by atoms with van der Waals surface area (Å²) in [5, 5.41) is 0. The van der Waals surface area contributed by atoms with Gasteiger partial charge in [0.1, 0.15) is 11.6 Å². The smallest absolute Gasteiger partial charge is 0.263 e. The zero-order chi connectivity index (χ0) is 21.9. The number of hydrogen-bond acceptors (Lipinski definition) is 5. The van der Waals surface area contributed by atoms with Gasteiger partial charge in [0.15, 0.2) is 15.9 Å². The van der Waals surface area contributed by atoms with Crippen molar-refractivity contribution in [3.8, 4) is 5.75 Å². The Morgan fingerprint density at radius 2 is 1.77 bits per heavy atom. The van der Waals surface area contributed by atoms with Crippen molar-refractivity contribution in [3.05, 3.63) is 59.9 Å². The van der Waals surface area contributed by atoms with E-state index in [0.717, 1.165) is 11.3 Å². The molecule has 1 heterocycles. The fraction of sp³-hybridized carbons (Fsp3) is 0.409. The van der Waals surface area contributed by atoms with Crippen molar-refractivity contribution in [3.63, 3.8) is 0 Å². The van der Waals surface area contributed by atoms with Crippen molar-refractivity contribution < 1.29 is 22.3 Å². The van der Waals surface area contributed by atoms with Gasteiger partial charge < -0.3 is 14.5 Å². The van der Waals surface area contributed by atoms with E-state index >= 15 is 0 Å². The Bertz CT molecular complexity index is 975. The molecular weight excluding hydrogens is 407 g/mol. The van der Waals surface area contributed by atoms with Crippen molar-refractivity contribution in [2.45, 2.75) is 32.0 Å². The number of carbonyl (C=O) groups is 1. The molecule has 1 fully saturated rings. The van der Waals surface area contributed by atoms with Gasteiger partial charge in [-0.15, -0.1) is 0 Å². The highest BCUT2D eigenvalue weighted by atomic mass is 32.2. The predicted molar refractivity (Wildman–Crippen MR) is 115 cm³/mol. The zero-order valence-electron chi connectivity index (χ0n) is 17.4. The minimum atomic E-state index is -3.16. The van der Waals surface area contributed by atoms with Gasteiger partial charge in [0, 0.05) is 32.4 Å². The molecule has 162 valence electrons. The standard InChI is InChI=1S/C22H27FN2O4S/c1-16(29-21-10-6-18(23)7-11-21)22(26)25(20-12-13-30(27,28)15-20)14-17-4-8-19(9-5-17)24(2)3/h4-11,16,20H,12-15H2,1-3H3/t16-,20+/m1/s1. The van der Waals surface area contributed by atoms with Crippen molar-refractivity contribution in [2.24, 2.45) is 0 Å². The highest BCUT2D eigenvalue weighted by molar-refractivity contribution is 7.91. The summed E-state index contributed by atoms with van der Waals surface area (Å²) < 4.78 is 42.9. The van der Waals surface area contributed by atoms with E-state index in [1.807, 2.05) is 43.3 Å². The molecule has 1 aliphatic heterocycles. The fourth-order valence-electron chi connectivity index (χ4n) is 3.51. The van der Waals surface area contributed by atoms with Gasteiger partial charge in [-0.2, -0.15) is 0 Å². The van der Waals surface area contributed by atoms with Crippen molar-refractivity contribution in [1.82, 2.24) is 4.90 Å². The summed E-state index contributed by atoms with van der Waals surface area (Å²) in [5.41, 5.74) is 1.94. The van der Waals surface area contributed by atoms with Crippen LogP contribution in [0.1, 0.15) is 18.9 Å². The third-order valence-electron chi connectivity index (χ3n) is 5.21. The minimum absolute atomic E-state index is 0.0439. The normalized spacial score (nSPS) is 18.6. The summed E-state index contributed by atoms with van der Waals surface area (Å²) in [6, 6.07) is 12.8. The molecule has 2 aromatic rings. The van der Waals surface area contributed by atoms with Gasteiger partial charge in [0.25, 0.3) is 5.91 Å². The number of amides is 1. The molecule has 30 heavy (non-hydrogen) atoms. The predicted octanol–water partition coefficient (Wildman–Crippen LogP) is 2.87. The summed E-state index contributed by atoms with van der Waals surface area (Å²) >= 11 is 0. The first kappa shape index (κ1) is 22.1. The van der Waals surface area contributed by atoms with Gasteiger partial charge in [-0.05, 0) is 55.3 Å². The van der Waals surface area contributed by atoms with E-state index in [-0.39, 0.29) is 23.2 Å². The molecule has 0 radical (unpaired) electrons. The Labute approximate surface area is 177 Å². The topological polar surface area (TPSA) is 66.9 Å². The number of rotatable bonds is 7. The molecule has 0 bridgehead atoms. The average Bonchev–Trinajstić information content (AvgIpc) is 3.07. The summed E-state index contributed by atoms with van der Waals surface area (Å²) in [6.45, 7) is 1.92. The fourth-order valence-corrected chi connectivity index (χ4v) is 5.24. The molecule has 8 heteroatoms. The van der Waals surface area contributed by atoms with Crippen LogP contribution in [0, 0.1) is 5.82 Å². The highest BCUT2D eigenvalue weighted by Gasteiger charge is 2.36. The van der Waals surface area contributed by atoms with Crippen molar-refractivity contribution in [2.75, 3.05) is 30.5 Å². The van der Waals surface area contributed by atoms with Crippen LogP contribution in [0.15, 0.2) is 48.5 Å². The van der Waals surface area contributed by atoms with Crippen molar-refractivity contribution in [1.29, 1.82) is 0 Å². The largest absolute Gasteiger partial charge is 0.481 e. The van der Waals surface area contributed by atoms with Gasteiger partial charge in [0.05, 0.1) is 11.5 Å². The first-order chi connectivity index (χ1) is 14.1. The first-order valence-corrected chi connectivity index (χ1v) is 11.7. The summed E-state index contributed by atoms with van der Waals surface area (Å²) in [7, 11) is 0.738. The lowest BCUT2D eigenvalue weighted by molar-refractivity contribution is -0.140.